The maximum absolute atomic E-state index is 12.0. The zero-order valence-electron chi connectivity index (χ0n) is 10.6. The van der Waals surface area contributed by atoms with Gasteiger partial charge in [0.05, 0.1) is 10.5 Å². The van der Waals surface area contributed by atoms with Gasteiger partial charge in [0.2, 0.25) is 0 Å². The molecule has 0 unspecified atom stereocenters. The zero-order valence-corrected chi connectivity index (χ0v) is 12.1. The van der Waals surface area contributed by atoms with Gasteiger partial charge >= 0.3 is 5.97 Å². The molecule has 0 radical (unpaired) electrons. The predicted octanol–water partition coefficient (Wildman–Crippen LogP) is 3.02. The topological polar surface area (TPSA) is 60.4 Å². The Labute approximate surface area is 117 Å². The molecule has 4 nitrogen and oxygen atoms in total. The highest BCUT2D eigenvalue weighted by Crippen LogP contribution is 2.24. The van der Waals surface area contributed by atoms with Crippen molar-refractivity contribution in [3.05, 3.63) is 29.3 Å². The number of aryl methyl sites for hydroxylation is 1. The van der Waals surface area contributed by atoms with E-state index >= 15 is 0 Å². The van der Waals surface area contributed by atoms with E-state index in [0.717, 1.165) is 25.7 Å². The monoisotopic (exact) mass is 302 g/mol. The van der Waals surface area contributed by atoms with E-state index in [9.17, 15) is 13.2 Å². The first kappa shape index (κ1) is 14.3. The fraction of sp³-hybridized carbons (Fsp3) is 0.462. The van der Waals surface area contributed by atoms with E-state index in [4.69, 9.17) is 15.4 Å². The molecule has 0 heterocycles. The number of ether oxygens (including phenoxy) is 1. The van der Waals surface area contributed by atoms with Crippen LogP contribution in [-0.2, 0) is 13.8 Å². The highest BCUT2D eigenvalue weighted by Gasteiger charge is 2.21. The number of benzene rings is 1. The summed E-state index contributed by atoms with van der Waals surface area (Å²) in [4.78, 5) is 11.9. The summed E-state index contributed by atoms with van der Waals surface area (Å²) in [7, 11) is 1.45. The lowest BCUT2D eigenvalue weighted by atomic mass is 10.1. The standard InChI is InChI=1S/C13H15ClO4S/c1-9-6-10(8-12(7-9)19(14,16)17)13(15)18-11-4-2-3-5-11/h6-8,11H,2-5H2,1H3. The van der Waals surface area contributed by atoms with Crippen LogP contribution in [0.15, 0.2) is 23.1 Å². The third kappa shape index (κ3) is 3.70. The molecule has 104 valence electrons. The maximum Gasteiger partial charge on any atom is 0.338 e. The second kappa shape index (κ2) is 5.51. The number of halogens is 1. The lowest BCUT2D eigenvalue weighted by molar-refractivity contribution is 0.0317. The third-order valence-electron chi connectivity index (χ3n) is 3.14. The average molecular weight is 303 g/mol. The largest absolute Gasteiger partial charge is 0.459 e. The van der Waals surface area contributed by atoms with Crippen molar-refractivity contribution in [3.8, 4) is 0 Å². The third-order valence-corrected chi connectivity index (χ3v) is 4.48. The molecule has 1 aromatic rings. The van der Waals surface area contributed by atoms with Crippen LogP contribution in [0.1, 0.15) is 41.6 Å². The van der Waals surface area contributed by atoms with Crippen molar-refractivity contribution in [1.29, 1.82) is 0 Å². The highest BCUT2D eigenvalue weighted by molar-refractivity contribution is 8.13. The fourth-order valence-corrected chi connectivity index (χ4v) is 3.09. The van der Waals surface area contributed by atoms with Crippen molar-refractivity contribution < 1.29 is 17.9 Å². The second-order valence-electron chi connectivity index (χ2n) is 4.78. The van der Waals surface area contributed by atoms with Crippen molar-refractivity contribution in [3.63, 3.8) is 0 Å². The van der Waals surface area contributed by atoms with Crippen LogP contribution in [0.4, 0.5) is 0 Å². The second-order valence-corrected chi connectivity index (χ2v) is 7.35. The Bertz CT molecular complexity index is 589. The number of hydrogen-bond acceptors (Lipinski definition) is 4. The molecule has 6 heteroatoms. The summed E-state index contributed by atoms with van der Waals surface area (Å²) in [5.74, 6) is -0.489. The zero-order chi connectivity index (χ0) is 14.0. The summed E-state index contributed by atoms with van der Waals surface area (Å²) in [5.41, 5.74) is 0.881. The molecule has 0 bridgehead atoms. The minimum absolute atomic E-state index is 0.0518. The molecular weight excluding hydrogens is 288 g/mol. The van der Waals surface area contributed by atoms with Crippen LogP contribution in [0.3, 0.4) is 0 Å². The van der Waals surface area contributed by atoms with Crippen LogP contribution >= 0.6 is 10.7 Å². The first-order chi connectivity index (χ1) is 8.86. The Morgan fingerprint density at radius 2 is 1.89 bits per heavy atom. The fourth-order valence-electron chi connectivity index (χ4n) is 2.23. The van der Waals surface area contributed by atoms with Crippen molar-refractivity contribution in [2.45, 2.75) is 43.6 Å². The molecule has 0 spiro atoms. The molecule has 1 aromatic carbocycles. The summed E-state index contributed by atoms with van der Waals surface area (Å²) >= 11 is 0. The van der Waals surface area contributed by atoms with Crippen molar-refractivity contribution in [2.24, 2.45) is 0 Å². The van der Waals surface area contributed by atoms with Crippen LogP contribution in [0.5, 0.6) is 0 Å². The highest BCUT2D eigenvalue weighted by atomic mass is 35.7. The van der Waals surface area contributed by atoms with Gasteiger partial charge in [0.1, 0.15) is 6.10 Å². The number of hydrogen-bond donors (Lipinski definition) is 0. The maximum atomic E-state index is 12.0. The van der Waals surface area contributed by atoms with E-state index in [2.05, 4.69) is 0 Å². The van der Waals surface area contributed by atoms with Gasteiger partial charge in [-0.1, -0.05) is 0 Å². The molecule has 1 fully saturated rings. The molecule has 1 aliphatic rings. The minimum Gasteiger partial charge on any atom is -0.459 e. The van der Waals surface area contributed by atoms with Crippen LogP contribution in [0, 0.1) is 6.92 Å². The average Bonchev–Trinajstić information content (AvgIpc) is 2.79. The first-order valence-electron chi connectivity index (χ1n) is 6.13. The van der Waals surface area contributed by atoms with Crippen molar-refractivity contribution >= 4 is 25.7 Å². The molecule has 0 atom stereocenters. The van der Waals surface area contributed by atoms with Gasteiger partial charge in [0.25, 0.3) is 9.05 Å². The molecule has 0 N–H and O–H groups in total. The summed E-state index contributed by atoms with van der Waals surface area (Å²) in [6.07, 6.45) is 3.82. The Morgan fingerprint density at radius 1 is 1.26 bits per heavy atom. The molecule has 1 saturated carbocycles. The Hall–Kier alpha value is -1.07. The van der Waals surface area contributed by atoms with E-state index in [1.807, 2.05) is 0 Å². The number of carbonyl (C=O) groups excluding carboxylic acids is 1. The molecule has 0 aromatic heterocycles. The molecule has 0 amide bonds. The van der Waals surface area contributed by atoms with Gasteiger partial charge in [-0.05, 0) is 56.4 Å². The van der Waals surface area contributed by atoms with E-state index in [-0.39, 0.29) is 16.6 Å². The molecule has 0 saturated heterocycles. The van der Waals surface area contributed by atoms with Gasteiger partial charge < -0.3 is 4.74 Å². The SMILES string of the molecule is Cc1cc(C(=O)OC2CCCC2)cc(S(=O)(=O)Cl)c1. The Morgan fingerprint density at radius 3 is 2.47 bits per heavy atom. The smallest absolute Gasteiger partial charge is 0.338 e. The molecule has 1 aliphatic carbocycles. The summed E-state index contributed by atoms with van der Waals surface area (Å²) < 4.78 is 28.0. The van der Waals surface area contributed by atoms with Crippen LogP contribution in [0.2, 0.25) is 0 Å². The van der Waals surface area contributed by atoms with E-state index in [1.165, 1.54) is 12.1 Å². The van der Waals surface area contributed by atoms with Gasteiger partial charge in [-0.25, -0.2) is 13.2 Å². The predicted molar refractivity (Wildman–Crippen MR) is 71.9 cm³/mol. The van der Waals surface area contributed by atoms with Crippen LogP contribution in [0.25, 0.3) is 0 Å². The van der Waals surface area contributed by atoms with Crippen LogP contribution in [-0.4, -0.2) is 20.5 Å². The van der Waals surface area contributed by atoms with Gasteiger partial charge in [0, 0.05) is 10.7 Å². The van der Waals surface area contributed by atoms with Crippen molar-refractivity contribution in [1.82, 2.24) is 0 Å². The van der Waals surface area contributed by atoms with Gasteiger partial charge in [-0.2, -0.15) is 0 Å². The van der Waals surface area contributed by atoms with Crippen LogP contribution < -0.4 is 0 Å². The minimum atomic E-state index is -3.84. The summed E-state index contributed by atoms with van der Waals surface area (Å²) in [6, 6.07) is 4.28. The van der Waals surface area contributed by atoms with Crippen molar-refractivity contribution in [2.75, 3.05) is 0 Å². The number of carbonyl (C=O) groups is 1. The van der Waals surface area contributed by atoms with E-state index in [0.29, 0.717) is 5.56 Å². The summed E-state index contributed by atoms with van der Waals surface area (Å²) in [5, 5.41) is 0. The molecule has 2 rings (SSSR count). The number of rotatable bonds is 3. The Kier molecular flexibility index (Phi) is 4.16. The normalized spacial score (nSPS) is 16.5. The van der Waals surface area contributed by atoms with Gasteiger partial charge in [0.15, 0.2) is 0 Å². The molecule has 19 heavy (non-hydrogen) atoms. The first-order valence-corrected chi connectivity index (χ1v) is 8.44. The lowest BCUT2D eigenvalue weighted by Gasteiger charge is -2.12. The van der Waals surface area contributed by atoms with E-state index in [1.54, 1.807) is 13.0 Å². The molecular formula is C13H15ClO4S. The molecule has 0 aliphatic heterocycles. The lowest BCUT2D eigenvalue weighted by Crippen LogP contribution is -2.15. The number of esters is 1. The Balaban J connectivity index is 2.24. The quantitative estimate of drug-likeness (QED) is 0.636. The van der Waals surface area contributed by atoms with E-state index < -0.39 is 15.0 Å². The summed E-state index contributed by atoms with van der Waals surface area (Å²) in [6.45, 7) is 1.71. The van der Waals surface area contributed by atoms with Gasteiger partial charge in [-0.3, -0.25) is 0 Å². The van der Waals surface area contributed by atoms with Gasteiger partial charge in [-0.15, -0.1) is 0 Å².